The average molecular weight is 1770 g/mol. The molecule has 4 aliphatic heterocycles. The third-order valence-corrected chi connectivity index (χ3v) is 33.5. The molecular weight excluding hydrogens is 1640 g/mol. The maximum absolute atomic E-state index is 12.3. The van der Waals surface area contributed by atoms with E-state index in [9.17, 15) is 48.1 Å². The summed E-state index contributed by atoms with van der Waals surface area (Å²) >= 11 is 0. The van der Waals surface area contributed by atoms with Gasteiger partial charge in [0, 0.05) is 146 Å². The Labute approximate surface area is 743 Å². The van der Waals surface area contributed by atoms with Gasteiger partial charge in [0.2, 0.25) is 22.7 Å². The van der Waals surface area contributed by atoms with Gasteiger partial charge in [-0.15, -0.1) is 0 Å². The molecule has 0 bridgehead atoms. The Morgan fingerprint density at radius 3 is 0.728 bits per heavy atom. The highest BCUT2D eigenvalue weighted by Gasteiger charge is 2.51. The van der Waals surface area contributed by atoms with Crippen LogP contribution in [0.3, 0.4) is 0 Å². The van der Waals surface area contributed by atoms with E-state index in [0.717, 1.165) is 39.8 Å². The van der Waals surface area contributed by atoms with Crippen LogP contribution < -0.4 is 14.7 Å². The molecule has 0 unspecified atom stereocenters. The molecule has 0 N–H and O–H groups in total. The highest BCUT2D eigenvalue weighted by molar-refractivity contribution is 8.67. The number of carbonyl (C=O) groups excluding carboxylic acids is 3. The summed E-state index contributed by atoms with van der Waals surface area (Å²) in [5.41, 5.74) is 26.9. The van der Waals surface area contributed by atoms with Crippen LogP contribution in [-0.4, -0.2) is 164 Å². The molecule has 660 valence electrons. The van der Waals surface area contributed by atoms with Gasteiger partial charge < -0.3 is 19.4 Å². The predicted octanol–water partition coefficient (Wildman–Crippen LogP) is 19.7. The maximum Gasteiger partial charge on any atom is 0.310 e. The molecule has 0 amide bonds. The summed E-state index contributed by atoms with van der Waals surface area (Å²) < 4.78 is 112. The van der Waals surface area contributed by atoms with Crippen LogP contribution in [0.4, 0.5) is 39.8 Å². The fourth-order valence-electron chi connectivity index (χ4n) is 14.8. The van der Waals surface area contributed by atoms with E-state index in [2.05, 4.69) is 280 Å². The summed E-state index contributed by atoms with van der Waals surface area (Å²) in [5, 5.41) is 0. The minimum absolute atomic E-state index is 0. The van der Waals surface area contributed by atoms with Crippen LogP contribution in [0.25, 0.3) is 18.2 Å². The molecule has 13 rings (SSSR count). The number of aldehydes is 1. The topological polar surface area (TPSA) is 219 Å². The minimum Gasteiger partial charge on any atom is -0.394 e. The zero-order chi connectivity index (χ0) is 92.3. The summed E-state index contributed by atoms with van der Waals surface area (Å²) in [4.78, 5) is 35.1. The molecule has 23 heteroatoms. The number of carbonyl (C=O) groups is 3. The van der Waals surface area contributed by atoms with E-state index in [1.165, 1.54) is 159 Å². The molecule has 0 aliphatic carbocycles. The van der Waals surface area contributed by atoms with E-state index in [-0.39, 0.29) is 48.7 Å². The van der Waals surface area contributed by atoms with Gasteiger partial charge in [0.15, 0.2) is 22.8 Å². The Bertz CT molecular complexity index is 5790. The summed E-state index contributed by atoms with van der Waals surface area (Å²) in [6, 6.07) is 57.9. The van der Waals surface area contributed by atoms with Gasteiger partial charge in [0.1, 0.15) is 34.5 Å². The number of allylic oxidation sites excluding steroid dienone is 7. The van der Waals surface area contributed by atoms with Gasteiger partial charge in [-0.3, -0.25) is 14.4 Å². The first-order valence-corrected chi connectivity index (χ1v) is 47.6. The molecule has 4 aliphatic rings. The Kier molecular flexibility index (Phi) is 32.6. The van der Waals surface area contributed by atoms with E-state index in [0.29, 0.717) is 0 Å². The van der Waals surface area contributed by atoms with Crippen LogP contribution in [-0.2, 0) is 76.3 Å². The predicted molar refractivity (Wildman–Crippen MR) is 516 cm³/mol. The van der Waals surface area contributed by atoms with E-state index in [4.69, 9.17) is 0 Å². The van der Waals surface area contributed by atoms with Crippen molar-refractivity contribution < 1.29 is 71.1 Å². The first-order chi connectivity index (χ1) is 57.8. The lowest BCUT2D eigenvalue weighted by Gasteiger charge is -2.17. The van der Waals surface area contributed by atoms with Crippen molar-refractivity contribution in [1.29, 1.82) is 0 Å². The Hall–Kier alpha value is -11.6. The van der Waals surface area contributed by atoms with E-state index < -0.39 is 47.4 Å². The number of hydrogen-bond acceptors (Lipinski definition) is 15. The molecule has 9 aromatic rings. The second kappa shape index (κ2) is 40.6. The average Bonchev–Trinajstić information content (AvgIpc) is 1.56. The first kappa shape index (κ1) is 100. The third-order valence-electron chi connectivity index (χ3n) is 23.2. The van der Waals surface area contributed by atoms with Gasteiger partial charge in [-0.1, -0.05) is 157 Å². The molecule has 19 nitrogen and oxygen atoms in total. The standard InChI is InChI=1S/C40H48N4.C18H26N2.2C14H14O4S2.C11H13NO.C4H6O3.CH4/c1-39(2)33-27-36-34(28-35(33)43(9)37(39)17-13-11-15-29-19-23-31(24-20-29)41(5)6)40(3,4)38(44(36)10)18-14-12-16-30-21-25-32(26-22-30)42(7)8;1-11-17(3,4)13-9-16-14(10-15(13)19(11)7)18(5,6)12(2)20(16)8;2*1-11-3-7-13(8-4-11)19(15,16)20(17,18)14-9-5-12(2)6-10-14;1-12(2)11-7-5-10(6-8-11)4-3-9-13;1-3(5)7-4(2)6;/h11-28H,1-10H3;9-10H,1-8H3;2*3-10H,1-2H3;3-9H,1-2H3;1-2H3;1H4/q2*+2;;;;;/b;;;;4-3+;;. The van der Waals surface area contributed by atoms with Crippen molar-refractivity contribution in [3.63, 3.8) is 0 Å². The Morgan fingerprint density at radius 2 is 0.520 bits per heavy atom. The van der Waals surface area contributed by atoms with Gasteiger partial charge in [-0.05, 0) is 191 Å². The van der Waals surface area contributed by atoms with Crippen molar-refractivity contribution in [2.45, 2.75) is 159 Å². The normalized spacial score (nSPS) is 15.1. The first-order valence-electron chi connectivity index (χ1n) is 40.6. The summed E-state index contributed by atoms with van der Waals surface area (Å²) in [6.45, 7) is 32.7. The van der Waals surface area contributed by atoms with Crippen molar-refractivity contribution in [2.24, 2.45) is 0 Å². The quantitative estimate of drug-likeness (QED) is 0.0157. The Morgan fingerprint density at radius 1 is 0.312 bits per heavy atom. The van der Waals surface area contributed by atoms with Crippen LogP contribution in [0.5, 0.6) is 0 Å². The number of aryl methyl sites for hydroxylation is 4. The van der Waals surface area contributed by atoms with Gasteiger partial charge >= 0.3 is 11.9 Å². The molecular formula is C102H125N7O12S4+4. The second-order valence-corrected chi connectivity index (χ2v) is 44.8. The third kappa shape index (κ3) is 22.6. The monoisotopic (exact) mass is 1770 g/mol. The highest BCUT2D eigenvalue weighted by atomic mass is 33.2. The largest absolute Gasteiger partial charge is 0.394 e. The number of fused-ring (bicyclic) bond motifs is 4. The molecule has 9 aromatic carbocycles. The summed E-state index contributed by atoms with van der Waals surface area (Å²) in [6.07, 6.45) is 21.5. The number of ether oxygens (including phenoxy) is 1. The van der Waals surface area contributed by atoms with Gasteiger partial charge in [-0.25, -0.2) is 42.8 Å². The van der Waals surface area contributed by atoms with Crippen LogP contribution in [0.15, 0.2) is 256 Å². The number of hydrogen-bond donors (Lipinski definition) is 0. The van der Waals surface area contributed by atoms with Crippen LogP contribution in [0, 0.1) is 27.7 Å². The van der Waals surface area contributed by atoms with Crippen LogP contribution in [0.1, 0.15) is 152 Å². The fourth-order valence-corrected chi connectivity index (χ4v) is 22.1. The van der Waals surface area contributed by atoms with Crippen LogP contribution in [0.2, 0.25) is 0 Å². The number of nitrogens with zero attached hydrogens (tertiary/aromatic N) is 7. The molecule has 0 radical (unpaired) electrons. The van der Waals surface area contributed by atoms with Gasteiger partial charge in [-0.2, -0.15) is 9.15 Å². The van der Waals surface area contributed by atoms with E-state index in [1.54, 1.807) is 82.3 Å². The summed E-state index contributed by atoms with van der Waals surface area (Å²) in [5.74, 6) is -1.12. The molecule has 0 aromatic heterocycles. The molecule has 0 atom stereocenters. The van der Waals surface area contributed by atoms with Crippen molar-refractivity contribution in [2.75, 3.05) is 85.2 Å². The molecule has 4 heterocycles. The minimum atomic E-state index is -4.45. The van der Waals surface area contributed by atoms with E-state index >= 15 is 0 Å². The lowest BCUT2D eigenvalue weighted by Crippen LogP contribution is -2.26. The summed E-state index contributed by atoms with van der Waals surface area (Å²) in [7, 11) is 3.25. The zero-order valence-electron chi connectivity index (χ0n) is 76.5. The van der Waals surface area contributed by atoms with Crippen molar-refractivity contribution in [1.82, 2.24) is 0 Å². The fraction of sp³-hybridized carbons (Fsp3) is 0.304. The number of benzene rings is 9. The molecule has 0 fully saturated rings. The lowest BCUT2D eigenvalue weighted by molar-refractivity contribution is -0.406. The Balaban J connectivity index is 0.000000224. The van der Waals surface area contributed by atoms with Gasteiger partial charge in [0.25, 0.3) is 35.5 Å². The number of esters is 2. The SMILES string of the molecule is C.CC(=O)OC(C)=O.CC1=[N+](C)c2cc3c(cc2C1(C)C)[N+](C)=C(C)C3(C)C.CN(C)c1ccc(/C=C/C=O)cc1.CN(C)c1ccc(C=CC=CC2=[N+](C)c3cc4c(cc3C2(C)C)[N+](C)=C(C=CC=Cc2ccc(N(C)C)cc2)C4(C)C)cc1.Cc1ccc(S(=O)(=O)S(=O)(=O)c2ccc(C)cc2)cc1.Cc1ccc(S(=O)(=O)S(=O)(=O)c2ccc(C)cc2)cc1. The van der Waals surface area contributed by atoms with Crippen molar-refractivity contribution in [3.05, 3.63) is 298 Å². The number of anilines is 3. The zero-order valence-corrected chi connectivity index (χ0v) is 79.8. The van der Waals surface area contributed by atoms with Gasteiger partial charge in [0.05, 0.1) is 41.2 Å². The molecule has 0 saturated carbocycles. The van der Waals surface area contributed by atoms with Crippen molar-refractivity contribution in [3.8, 4) is 0 Å². The van der Waals surface area contributed by atoms with Crippen LogP contribution >= 0.6 is 0 Å². The smallest absolute Gasteiger partial charge is 0.310 e. The molecule has 0 spiro atoms. The maximum atomic E-state index is 12.3. The second-order valence-electron chi connectivity index (χ2n) is 34.0. The number of rotatable bonds is 17. The van der Waals surface area contributed by atoms with Crippen molar-refractivity contribution >= 4 is 135 Å². The molecule has 125 heavy (non-hydrogen) atoms. The molecule has 0 saturated heterocycles. The highest BCUT2D eigenvalue weighted by Crippen LogP contribution is 2.50. The lowest BCUT2D eigenvalue weighted by atomic mass is 9.77. The van der Waals surface area contributed by atoms with E-state index in [1.807, 2.05) is 43.3 Å².